The van der Waals surface area contributed by atoms with Crippen molar-refractivity contribution in [3.8, 4) is 0 Å². The lowest BCUT2D eigenvalue weighted by molar-refractivity contribution is -0.157. The van der Waals surface area contributed by atoms with Crippen LogP contribution in [0.25, 0.3) is 0 Å². The molecule has 2 aliphatic rings. The van der Waals surface area contributed by atoms with Crippen LogP contribution < -0.4 is 10.6 Å². The minimum absolute atomic E-state index is 0.158. The second-order valence-electron chi connectivity index (χ2n) is 5.65. The highest BCUT2D eigenvalue weighted by Gasteiger charge is 2.34. The van der Waals surface area contributed by atoms with Gasteiger partial charge in [-0.1, -0.05) is 12.1 Å². The lowest BCUT2D eigenvalue weighted by atomic mass is 10.2. The van der Waals surface area contributed by atoms with E-state index >= 15 is 0 Å². The van der Waals surface area contributed by atoms with Gasteiger partial charge in [-0.2, -0.15) is 0 Å². The third-order valence-corrected chi connectivity index (χ3v) is 5.11. The molecule has 1 fully saturated rings. The Balaban J connectivity index is 1.56. The minimum Gasteiger partial charge on any atom is -0.452 e. The van der Waals surface area contributed by atoms with Crippen LogP contribution in [0.15, 0.2) is 29.2 Å². The second-order valence-corrected chi connectivity index (χ2v) is 6.89. The maximum atomic E-state index is 12.1. The first-order valence-electron chi connectivity index (χ1n) is 7.81. The molecule has 8 nitrogen and oxygen atoms in total. The van der Waals surface area contributed by atoms with Crippen LogP contribution in [0.5, 0.6) is 0 Å². The lowest BCUT2D eigenvalue weighted by Gasteiger charge is -2.24. The first-order valence-corrected chi connectivity index (χ1v) is 8.69. The molecule has 2 heterocycles. The molecule has 0 bridgehead atoms. The quantitative estimate of drug-likeness (QED) is 0.773. The molecule has 1 aromatic rings. The van der Waals surface area contributed by atoms with E-state index in [2.05, 4.69) is 10.6 Å². The van der Waals surface area contributed by atoms with Crippen LogP contribution >= 0.6 is 11.8 Å². The van der Waals surface area contributed by atoms with E-state index in [0.29, 0.717) is 12.2 Å². The fourth-order valence-electron chi connectivity index (χ4n) is 2.58. The van der Waals surface area contributed by atoms with Gasteiger partial charge in [0.05, 0.1) is 17.4 Å². The van der Waals surface area contributed by atoms with E-state index in [1.54, 1.807) is 6.07 Å². The van der Waals surface area contributed by atoms with Crippen LogP contribution in [0.3, 0.4) is 0 Å². The Hall–Kier alpha value is -2.55. The first-order chi connectivity index (χ1) is 12.0. The molecule has 1 aromatic carbocycles. The summed E-state index contributed by atoms with van der Waals surface area (Å²) in [5, 5.41) is 4.63. The van der Waals surface area contributed by atoms with E-state index in [9.17, 15) is 19.2 Å². The predicted molar refractivity (Wildman–Crippen MR) is 90.0 cm³/mol. The number of anilines is 1. The molecule has 2 N–H and O–H groups in total. The number of fused-ring (bicyclic) bond motifs is 1. The highest BCUT2D eigenvalue weighted by molar-refractivity contribution is 8.01. The molecule has 0 unspecified atom stereocenters. The maximum Gasteiger partial charge on any atom is 0.324 e. The van der Waals surface area contributed by atoms with Gasteiger partial charge in [-0.15, -0.1) is 11.8 Å². The molecule has 0 spiro atoms. The number of urea groups is 1. The number of thioether (sulfide) groups is 1. The van der Waals surface area contributed by atoms with E-state index in [1.807, 2.05) is 18.2 Å². The number of imide groups is 1. The number of ether oxygens (including phenoxy) is 1. The summed E-state index contributed by atoms with van der Waals surface area (Å²) in [6.45, 7) is 2.04. The molecule has 1 saturated heterocycles. The number of carbonyl (C=O) groups is 4. The summed E-state index contributed by atoms with van der Waals surface area (Å²) in [4.78, 5) is 49.7. The van der Waals surface area contributed by atoms with Gasteiger partial charge in [0, 0.05) is 18.0 Å². The summed E-state index contributed by atoms with van der Waals surface area (Å²) < 4.78 is 5.11. The summed E-state index contributed by atoms with van der Waals surface area (Å²) in [6, 6.07) is 6.81. The number of para-hydroxylation sites is 1. The predicted octanol–water partition coefficient (Wildman–Crippen LogP) is 0.973. The Labute approximate surface area is 148 Å². The van der Waals surface area contributed by atoms with Gasteiger partial charge in [-0.3, -0.25) is 19.3 Å². The molecule has 0 saturated carbocycles. The van der Waals surface area contributed by atoms with Gasteiger partial charge in [-0.25, -0.2) is 4.79 Å². The van der Waals surface area contributed by atoms with E-state index in [0.717, 1.165) is 9.80 Å². The van der Waals surface area contributed by atoms with Crippen molar-refractivity contribution in [1.82, 2.24) is 10.2 Å². The van der Waals surface area contributed by atoms with Crippen LogP contribution in [0.2, 0.25) is 0 Å². The molecule has 9 heteroatoms. The van der Waals surface area contributed by atoms with Crippen molar-refractivity contribution in [2.45, 2.75) is 29.6 Å². The molecule has 0 radical (unpaired) electrons. The van der Waals surface area contributed by atoms with Crippen LogP contribution in [0.4, 0.5) is 10.5 Å². The first kappa shape index (κ1) is 17.3. The number of carbonyl (C=O) groups excluding carboxylic acids is 4. The number of rotatable bonds is 4. The van der Waals surface area contributed by atoms with Crippen molar-refractivity contribution >= 4 is 41.3 Å². The normalized spacial score (nSPS) is 20.4. The highest BCUT2D eigenvalue weighted by atomic mass is 32.2. The van der Waals surface area contributed by atoms with Crippen molar-refractivity contribution in [3.05, 3.63) is 24.3 Å². The molecule has 0 aliphatic carbocycles. The zero-order valence-electron chi connectivity index (χ0n) is 13.5. The van der Waals surface area contributed by atoms with E-state index in [4.69, 9.17) is 4.74 Å². The third-order valence-electron chi connectivity index (χ3n) is 3.84. The second kappa shape index (κ2) is 7.14. The summed E-state index contributed by atoms with van der Waals surface area (Å²) in [6.07, 6.45) is -1.24. The number of nitrogens with zero attached hydrogens (tertiary/aromatic N) is 1. The van der Waals surface area contributed by atoms with Crippen LogP contribution in [0.1, 0.15) is 13.3 Å². The Morgan fingerprint density at radius 2 is 2.12 bits per heavy atom. The number of benzene rings is 1. The van der Waals surface area contributed by atoms with Crippen molar-refractivity contribution in [2.75, 3.05) is 18.4 Å². The molecule has 132 valence electrons. The summed E-state index contributed by atoms with van der Waals surface area (Å²) in [5.74, 6) is -1.51. The standard InChI is InChI=1S/C16H17N3O5S/c1-9(15(22)19-7-6-17-16(19)23)24-13(20)8-12-14(21)18-10-4-2-3-5-11(10)25-12/h2-5,9,12H,6-8H2,1H3,(H,17,23)(H,18,21)/t9-,12-/m0/s1. The zero-order valence-corrected chi connectivity index (χ0v) is 14.3. The summed E-state index contributed by atoms with van der Waals surface area (Å²) in [5.41, 5.74) is 0.714. The Morgan fingerprint density at radius 1 is 1.36 bits per heavy atom. The number of hydrogen-bond acceptors (Lipinski definition) is 6. The number of hydrogen-bond donors (Lipinski definition) is 2. The van der Waals surface area contributed by atoms with E-state index in [-0.39, 0.29) is 18.9 Å². The Kier molecular flexibility index (Phi) is 4.93. The monoisotopic (exact) mass is 363 g/mol. The smallest absolute Gasteiger partial charge is 0.324 e. The van der Waals surface area contributed by atoms with Crippen molar-refractivity contribution in [2.24, 2.45) is 0 Å². The molecule has 2 aliphatic heterocycles. The van der Waals surface area contributed by atoms with Gasteiger partial charge in [0.2, 0.25) is 5.91 Å². The van der Waals surface area contributed by atoms with Crippen molar-refractivity contribution in [3.63, 3.8) is 0 Å². The number of esters is 1. The average molecular weight is 363 g/mol. The van der Waals surface area contributed by atoms with Gasteiger partial charge in [0.15, 0.2) is 6.10 Å². The Morgan fingerprint density at radius 3 is 2.84 bits per heavy atom. The molecule has 4 amide bonds. The van der Waals surface area contributed by atoms with Crippen LogP contribution in [-0.2, 0) is 19.1 Å². The fraction of sp³-hybridized carbons (Fsp3) is 0.375. The molecular weight excluding hydrogens is 346 g/mol. The van der Waals surface area contributed by atoms with Gasteiger partial charge in [-0.05, 0) is 19.1 Å². The minimum atomic E-state index is -1.08. The fourth-order valence-corrected chi connectivity index (χ4v) is 3.67. The average Bonchev–Trinajstić information content (AvgIpc) is 3.00. The third kappa shape index (κ3) is 3.76. The van der Waals surface area contributed by atoms with Crippen LogP contribution in [0, 0.1) is 0 Å². The molecular formula is C16H17N3O5S. The lowest BCUT2D eigenvalue weighted by Crippen LogP contribution is -2.42. The van der Waals surface area contributed by atoms with Gasteiger partial charge in [0.25, 0.3) is 5.91 Å². The van der Waals surface area contributed by atoms with Crippen LogP contribution in [-0.4, -0.2) is 53.2 Å². The number of nitrogens with one attached hydrogen (secondary N) is 2. The highest BCUT2D eigenvalue weighted by Crippen LogP contribution is 2.36. The topological polar surface area (TPSA) is 105 Å². The number of amides is 4. The largest absolute Gasteiger partial charge is 0.452 e. The molecule has 25 heavy (non-hydrogen) atoms. The Bertz CT molecular complexity index is 738. The summed E-state index contributed by atoms with van der Waals surface area (Å²) >= 11 is 1.28. The van der Waals surface area contributed by atoms with E-state index in [1.165, 1.54) is 18.7 Å². The molecule has 0 aromatic heterocycles. The van der Waals surface area contributed by atoms with E-state index < -0.39 is 29.3 Å². The zero-order chi connectivity index (χ0) is 18.0. The SMILES string of the molecule is C[C@H](OC(=O)C[C@@H]1Sc2ccccc2NC1=O)C(=O)N1CCNC1=O. The summed E-state index contributed by atoms with van der Waals surface area (Å²) in [7, 11) is 0. The molecule has 2 atom stereocenters. The molecule has 3 rings (SSSR count). The van der Waals surface area contributed by atoms with Gasteiger partial charge >= 0.3 is 12.0 Å². The van der Waals surface area contributed by atoms with Crippen molar-refractivity contribution < 1.29 is 23.9 Å². The van der Waals surface area contributed by atoms with Gasteiger partial charge < -0.3 is 15.4 Å². The van der Waals surface area contributed by atoms with Crippen molar-refractivity contribution in [1.29, 1.82) is 0 Å². The maximum absolute atomic E-state index is 12.1. The van der Waals surface area contributed by atoms with Gasteiger partial charge in [0.1, 0.15) is 0 Å².